The minimum atomic E-state index is -0.841. The van der Waals surface area contributed by atoms with Crippen LogP contribution in [0.5, 0.6) is 0 Å². The molecule has 4 unspecified atom stereocenters. The molecule has 2 fully saturated rings. The van der Waals surface area contributed by atoms with Gasteiger partial charge < -0.3 is 21.1 Å². The first kappa shape index (κ1) is 14.6. The summed E-state index contributed by atoms with van der Waals surface area (Å²) in [6.45, 7) is 2.21. The van der Waals surface area contributed by atoms with E-state index in [1.54, 1.807) is 6.92 Å². The van der Waals surface area contributed by atoms with E-state index in [0.717, 1.165) is 19.3 Å². The molecule has 0 aliphatic heterocycles. The molecule has 3 amide bonds. The van der Waals surface area contributed by atoms with Gasteiger partial charge in [0.05, 0.1) is 12.5 Å². The van der Waals surface area contributed by atoms with Crippen LogP contribution in [0.1, 0.15) is 26.2 Å². The average molecular weight is 283 g/mol. The van der Waals surface area contributed by atoms with Gasteiger partial charge in [-0.2, -0.15) is 0 Å². The summed E-state index contributed by atoms with van der Waals surface area (Å²) in [5.41, 5.74) is 0. The van der Waals surface area contributed by atoms with Gasteiger partial charge in [0.25, 0.3) is 0 Å². The van der Waals surface area contributed by atoms with Crippen LogP contribution < -0.4 is 16.0 Å². The maximum Gasteiger partial charge on any atom is 0.315 e. The highest BCUT2D eigenvalue weighted by atomic mass is 16.4. The SMILES string of the molecule is CCNC(=O)CNC(=O)NC1C2CCC(C2)C1C(=O)O. The maximum atomic E-state index is 11.8. The molecule has 2 aliphatic rings. The fraction of sp³-hybridized carbons (Fsp3) is 0.769. The van der Waals surface area contributed by atoms with E-state index in [1.807, 2.05) is 0 Å². The van der Waals surface area contributed by atoms with Crippen molar-refractivity contribution in [1.82, 2.24) is 16.0 Å². The summed E-state index contributed by atoms with van der Waals surface area (Å²) in [5.74, 6) is -1.18. The van der Waals surface area contributed by atoms with Gasteiger partial charge in [-0.15, -0.1) is 0 Å². The Labute approximate surface area is 117 Å². The van der Waals surface area contributed by atoms with E-state index in [-0.39, 0.29) is 30.3 Å². The van der Waals surface area contributed by atoms with E-state index < -0.39 is 17.9 Å². The van der Waals surface area contributed by atoms with Gasteiger partial charge in [-0.1, -0.05) is 0 Å². The minimum absolute atomic E-state index is 0.0990. The fourth-order valence-electron chi connectivity index (χ4n) is 3.48. The molecule has 0 aromatic carbocycles. The van der Waals surface area contributed by atoms with Crippen molar-refractivity contribution >= 4 is 17.9 Å². The van der Waals surface area contributed by atoms with Gasteiger partial charge in [0.1, 0.15) is 0 Å². The first-order valence-corrected chi connectivity index (χ1v) is 7.06. The molecule has 4 N–H and O–H groups in total. The molecule has 2 bridgehead atoms. The molecular formula is C13H21N3O4. The van der Waals surface area contributed by atoms with Gasteiger partial charge in [-0.05, 0) is 38.0 Å². The van der Waals surface area contributed by atoms with Crippen LogP contribution in [0.4, 0.5) is 4.79 Å². The molecule has 0 heterocycles. The van der Waals surface area contributed by atoms with Crippen molar-refractivity contribution in [2.24, 2.45) is 17.8 Å². The third-order valence-corrected chi connectivity index (χ3v) is 4.28. The Morgan fingerprint density at radius 2 is 1.85 bits per heavy atom. The van der Waals surface area contributed by atoms with E-state index in [0.29, 0.717) is 6.54 Å². The topological polar surface area (TPSA) is 108 Å². The second-order valence-corrected chi connectivity index (χ2v) is 5.50. The molecule has 20 heavy (non-hydrogen) atoms. The Morgan fingerprint density at radius 3 is 2.50 bits per heavy atom. The number of hydrogen-bond acceptors (Lipinski definition) is 3. The number of nitrogens with one attached hydrogen (secondary N) is 3. The third-order valence-electron chi connectivity index (χ3n) is 4.28. The van der Waals surface area contributed by atoms with Gasteiger partial charge in [0.15, 0.2) is 0 Å². The van der Waals surface area contributed by atoms with Crippen molar-refractivity contribution in [3.8, 4) is 0 Å². The molecule has 2 rings (SSSR count). The molecule has 7 heteroatoms. The Balaban J connectivity index is 1.84. The number of aliphatic carboxylic acids is 1. The number of carbonyl (C=O) groups is 3. The van der Waals surface area contributed by atoms with E-state index in [9.17, 15) is 19.5 Å². The smallest absolute Gasteiger partial charge is 0.315 e. The Kier molecular flexibility index (Phi) is 4.46. The van der Waals surface area contributed by atoms with Gasteiger partial charge in [0, 0.05) is 12.6 Å². The van der Waals surface area contributed by atoms with E-state index >= 15 is 0 Å². The number of hydrogen-bond donors (Lipinski definition) is 4. The number of urea groups is 1. The summed E-state index contributed by atoms with van der Waals surface area (Å²) in [7, 11) is 0. The van der Waals surface area contributed by atoms with Gasteiger partial charge in [0.2, 0.25) is 5.91 Å². The molecule has 0 aromatic rings. The van der Waals surface area contributed by atoms with Gasteiger partial charge in [-0.25, -0.2) is 4.79 Å². The number of carboxylic acids is 1. The molecule has 0 saturated heterocycles. The van der Waals surface area contributed by atoms with Crippen LogP contribution in [0, 0.1) is 17.8 Å². The molecule has 4 atom stereocenters. The summed E-state index contributed by atoms with van der Waals surface area (Å²) in [6.07, 6.45) is 2.77. The molecule has 0 aromatic heterocycles. The predicted molar refractivity (Wildman–Crippen MR) is 71.0 cm³/mol. The highest BCUT2D eigenvalue weighted by Crippen LogP contribution is 2.48. The second-order valence-electron chi connectivity index (χ2n) is 5.50. The average Bonchev–Trinajstić information content (AvgIpc) is 2.97. The lowest BCUT2D eigenvalue weighted by Crippen LogP contribution is -2.51. The highest BCUT2D eigenvalue weighted by Gasteiger charge is 2.51. The summed E-state index contributed by atoms with van der Waals surface area (Å²) in [4.78, 5) is 34.3. The van der Waals surface area contributed by atoms with Crippen LogP contribution in [-0.4, -0.2) is 42.1 Å². The number of likely N-dealkylation sites (N-methyl/N-ethyl adjacent to an activating group) is 1. The molecule has 0 spiro atoms. The Hall–Kier alpha value is -1.79. The zero-order chi connectivity index (χ0) is 14.7. The lowest BCUT2D eigenvalue weighted by Gasteiger charge is -2.28. The molecule has 2 aliphatic carbocycles. The molecule has 112 valence electrons. The predicted octanol–water partition coefficient (Wildman–Crippen LogP) is -0.0790. The van der Waals surface area contributed by atoms with E-state index in [1.165, 1.54) is 0 Å². The highest BCUT2D eigenvalue weighted by molar-refractivity contribution is 5.84. The molecular weight excluding hydrogens is 262 g/mol. The number of rotatable bonds is 5. The van der Waals surface area contributed by atoms with Gasteiger partial charge >= 0.3 is 12.0 Å². The summed E-state index contributed by atoms with van der Waals surface area (Å²) in [5, 5.41) is 17.0. The van der Waals surface area contributed by atoms with Crippen molar-refractivity contribution in [2.45, 2.75) is 32.2 Å². The maximum absolute atomic E-state index is 11.8. The number of carbonyl (C=O) groups excluding carboxylic acids is 2. The van der Waals surface area contributed by atoms with Gasteiger partial charge in [-0.3, -0.25) is 9.59 Å². The van der Waals surface area contributed by atoms with Crippen molar-refractivity contribution in [2.75, 3.05) is 13.1 Å². The minimum Gasteiger partial charge on any atom is -0.481 e. The first-order valence-electron chi connectivity index (χ1n) is 7.06. The zero-order valence-corrected chi connectivity index (χ0v) is 11.5. The van der Waals surface area contributed by atoms with Crippen LogP contribution >= 0.6 is 0 Å². The van der Waals surface area contributed by atoms with E-state index in [4.69, 9.17) is 0 Å². The Morgan fingerprint density at radius 1 is 1.15 bits per heavy atom. The zero-order valence-electron chi connectivity index (χ0n) is 11.5. The Bertz CT molecular complexity index is 412. The van der Waals surface area contributed by atoms with Crippen LogP contribution in [0.2, 0.25) is 0 Å². The van der Waals surface area contributed by atoms with Crippen molar-refractivity contribution in [1.29, 1.82) is 0 Å². The summed E-state index contributed by atoms with van der Waals surface area (Å²) < 4.78 is 0. The van der Waals surface area contributed by atoms with Crippen molar-refractivity contribution < 1.29 is 19.5 Å². The van der Waals surface area contributed by atoms with Crippen molar-refractivity contribution in [3.05, 3.63) is 0 Å². The summed E-state index contributed by atoms with van der Waals surface area (Å²) >= 11 is 0. The molecule has 2 saturated carbocycles. The number of fused-ring (bicyclic) bond motifs is 2. The summed E-state index contributed by atoms with van der Waals surface area (Å²) in [6, 6.07) is -0.791. The lowest BCUT2D eigenvalue weighted by molar-refractivity contribution is -0.144. The monoisotopic (exact) mass is 283 g/mol. The van der Waals surface area contributed by atoms with Crippen molar-refractivity contribution in [3.63, 3.8) is 0 Å². The molecule has 7 nitrogen and oxygen atoms in total. The normalized spacial score (nSPS) is 30.9. The van der Waals surface area contributed by atoms with E-state index in [2.05, 4.69) is 16.0 Å². The van der Waals surface area contributed by atoms with Crippen LogP contribution in [0.25, 0.3) is 0 Å². The number of carboxylic acid groups (broad SMARTS) is 1. The largest absolute Gasteiger partial charge is 0.481 e. The second kappa shape index (κ2) is 6.11. The first-order chi connectivity index (χ1) is 9.52. The fourth-order valence-corrected chi connectivity index (χ4v) is 3.48. The quantitative estimate of drug-likeness (QED) is 0.566. The lowest BCUT2D eigenvalue weighted by atomic mass is 9.84. The molecule has 0 radical (unpaired) electrons. The third kappa shape index (κ3) is 3.02. The standard InChI is InChI=1S/C13H21N3O4/c1-2-14-9(17)6-15-13(20)16-11-8-4-3-7(5-8)10(11)12(18)19/h7-8,10-11H,2-6H2,1H3,(H,14,17)(H,18,19)(H2,15,16,20). The number of amides is 3. The van der Waals surface area contributed by atoms with Crippen LogP contribution in [0.3, 0.4) is 0 Å². The van der Waals surface area contributed by atoms with Crippen LogP contribution in [-0.2, 0) is 9.59 Å². The van der Waals surface area contributed by atoms with Crippen LogP contribution in [0.15, 0.2) is 0 Å².